The molecule has 1 N–H and O–H groups in total. The van der Waals surface area contributed by atoms with Crippen molar-refractivity contribution in [1.82, 2.24) is 4.98 Å². The van der Waals surface area contributed by atoms with Crippen molar-refractivity contribution < 1.29 is 14.3 Å². The summed E-state index contributed by atoms with van der Waals surface area (Å²) in [6.45, 7) is 6.05. The van der Waals surface area contributed by atoms with Crippen molar-refractivity contribution in [2.75, 3.05) is 18.0 Å². The normalized spacial score (nSPS) is 17.3. The van der Waals surface area contributed by atoms with Crippen LogP contribution in [0.2, 0.25) is 5.02 Å². The fourth-order valence-electron chi connectivity index (χ4n) is 5.11. The van der Waals surface area contributed by atoms with E-state index in [9.17, 15) is 14.3 Å². The fraction of sp³-hybridized carbons (Fsp3) is 0.379. The number of Topliss-reactive ketones (excluding diaryl/α,β-unsaturated/α-hetero) is 1. The summed E-state index contributed by atoms with van der Waals surface area (Å²) in [6, 6.07) is 8.59. The van der Waals surface area contributed by atoms with Gasteiger partial charge in [-0.1, -0.05) is 29.3 Å². The Morgan fingerprint density at radius 3 is 2.57 bits per heavy atom. The maximum Gasteiger partial charge on any atom is 0.170 e. The van der Waals surface area contributed by atoms with E-state index in [0.29, 0.717) is 17.0 Å². The minimum Gasteiger partial charge on any atom is -0.504 e. The third-order valence-electron chi connectivity index (χ3n) is 7.44. The summed E-state index contributed by atoms with van der Waals surface area (Å²) in [6.07, 6.45) is 9.07. The molecule has 2 aliphatic rings. The Bertz CT molecular complexity index is 1300. The first-order chi connectivity index (χ1) is 16.9. The number of carbonyl (C=O) groups is 1. The number of aromatic nitrogens is 1. The number of hydrogen-bond donors (Lipinski definition) is 1. The van der Waals surface area contributed by atoms with Gasteiger partial charge in [0.25, 0.3) is 0 Å². The number of pyridine rings is 1. The minimum atomic E-state index is -0.762. The van der Waals surface area contributed by atoms with Crippen LogP contribution in [0.25, 0.3) is 22.0 Å². The van der Waals surface area contributed by atoms with Crippen molar-refractivity contribution >= 4 is 34.0 Å². The van der Waals surface area contributed by atoms with Gasteiger partial charge >= 0.3 is 0 Å². The number of phenolic OH excluding ortho intramolecular Hbond substituents is 1. The van der Waals surface area contributed by atoms with Gasteiger partial charge in [-0.25, -0.2) is 4.39 Å². The second-order valence-electron chi connectivity index (χ2n) is 9.95. The van der Waals surface area contributed by atoms with Crippen molar-refractivity contribution in [2.24, 2.45) is 11.8 Å². The lowest BCUT2D eigenvalue weighted by molar-refractivity contribution is 0.0968. The van der Waals surface area contributed by atoms with Crippen LogP contribution in [0, 0.1) is 17.7 Å². The molecule has 35 heavy (non-hydrogen) atoms. The number of carbonyl (C=O) groups excluding carboxylic acids is 1. The number of hydrogen-bond acceptors (Lipinski definition) is 4. The van der Waals surface area contributed by atoms with Crippen molar-refractivity contribution in [1.29, 1.82) is 0 Å². The second kappa shape index (κ2) is 9.62. The average Bonchev–Trinajstić information content (AvgIpc) is 3.71. The number of piperidine rings is 1. The minimum absolute atomic E-state index is 0.0328. The molecule has 0 radical (unpaired) electrons. The van der Waals surface area contributed by atoms with Gasteiger partial charge in [0.15, 0.2) is 17.3 Å². The van der Waals surface area contributed by atoms with Crippen LogP contribution in [0.3, 0.4) is 0 Å². The maximum absolute atomic E-state index is 14.2. The number of nitrogens with zero attached hydrogens (tertiary/aromatic N) is 2. The van der Waals surface area contributed by atoms with E-state index < -0.39 is 11.6 Å². The third kappa shape index (κ3) is 4.79. The topological polar surface area (TPSA) is 53.4 Å². The summed E-state index contributed by atoms with van der Waals surface area (Å²) in [7, 11) is 0. The van der Waals surface area contributed by atoms with E-state index in [4.69, 9.17) is 11.6 Å². The molecule has 2 heterocycles. The van der Waals surface area contributed by atoms with Gasteiger partial charge in [-0.3, -0.25) is 9.78 Å². The van der Waals surface area contributed by atoms with E-state index in [1.807, 2.05) is 18.2 Å². The Morgan fingerprint density at radius 2 is 1.91 bits per heavy atom. The van der Waals surface area contributed by atoms with E-state index in [-0.39, 0.29) is 16.7 Å². The average molecular weight is 493 g/mol. The molecule has 0 bridgehead atoms. The van der Waals surface area contributed by atoms with Crippen LogP contribution in [-0.4, -0.2) is 29.0 Å². The molecule has 3 aromatic rings. The Kier molecular flexibility index (Phi) is 6.54. The highest BCUT2D eigenvalue weighted by Gasteiger charge is 2.34. The Labute approximate surface area is 210 Å². The quantitative estimate of drug-likeness (QED) is 0.285. The van der Waals surface area contributed by atoms with Crippen LogP contribution in [0.15, 0.2) is 48.2 Å². The molecular weight excluding hydrogens is 463 g/mol. The second-order valence-corrected chi connectivity index (χ2v) is 10.4. The van der Waals surface area contributed by atoms with Crippen molar-refractivity contribution in [3.8, 4) is 16.9 Å². The standard InChI is InChI=1S/C29H30ClFN2O2/c1-3-17(2)12-18-8-10-33(11-9-18)27-22-13-20(21-14-24(30)29(35)25(31)15-21)6-7-26(22)32-16-23(27)28(34)19-4-5-19/h3,6-7,13-16,18-19,35H,4-5,8-12H2,1-2H3. The number of allylic oxidation sites excluding steroid dienone is 2. The van der Waals surface area contributed by atoms with Crippen LogP contribution in [0.1, 0.15) is 56.3 Å². The van der Waals surface area contributed by atoms with E-state index >= 15 is 0 Å². The number of phenols is 1. The van der Waals surface area contributed by atoms with E-state index in [1.54, 1.807) is 12.3 Å². The van der Waals surface area contributed by atoms with Crippen LogP contribution < -0.4 is 4.90 Å². The molecule has 4 nitrogen and oxygen atoms in total. The van der Waals surface area contributed by atoms with Crippen LogP contribution in [0.5, 0.6) is 5.75 Å². The van der Waals surface area contributed by atoms with Gasteiger partial charge in [-0.2, -0.15) is 0 Å². The lowest BCUT2D eigenvalue weighted by Gasteiger charge is -2.35. The number of benzene rings is 2. The molecule has 182 valence electrons. The number of halogens is 2. The smallest absolute Gasteiger partial charge is 0.170 e. The summed E-state index contributed by atoms with van der Waals surface area (Å²) >= 11 is 6.05. The molecular formula is C29H30ClFN2O2. The third-order valence-corrected chi connectivity index (χ3v) is 7.73. The highest BCUT2D eigenvalue weighted by Crippen LogP contribution is 2.41. The lowest BCUT2D eigenvalue weighted by Crippen LogP contribution is -2.35. The molecule has 6 heteroatoms. The zero-order valence-electron chi connectivity index (χ0n) is 20.2. The molecule has 1 aromatic heterocycles. The number of aromatic hydroxyl groups is 1. The maximum atomic E-state index is 14.2. The first kappa shape index (κ1) is 23.8. The summed E-state index contributed by atoms with van der Waals surface area (Å²) in [5.74, 6) is -0.397. The van der Waals surface area contributed by atoms with E-state index in [1.165, 1.54) is 11.6 Å². The van der Waals surface area contributed by atoms with Gasteiger partial charge in [-0.05, 0) is 87.3 Å². The van der Waals surface area contributed by atoms with Gasteiger partial charge in [0.05, 0.1) is 21.8 Å². The Morgan fingerprint density at radius 1 is 1.17 bits per heavy atom. The van der Waals surface area contributed by atoms with E-state index in [2.05, 4.69) is 29.8 Å². The molecule has 5 rings (SSSR count). The summed E-state index contributed by atoms with van der Waals surface area (Å²) in [4.78, 5) is 20.2. The molecule has 2 fully saturated rings. The summed E-state index contributed by atoms with van der Waals surface area (Å²) in [5.41, 5.74) is 5.18. The molecule has 0 amide bonds. The SMILES string of the molecule is CC=C(C)CC1CCN(c2c(C(=O)C3CC3)cnc3ccc(-c4cc(F)c(O)c(Cl)c4)cc23)CC1. The van der Waals surface area contributed by atoms with Gasteiger partial charge in [-0.15, -0.1) is 0 Å². The largest absolute Gasteiger partial charge is 0.504 e. The molecule has 2 aromatic carbocycles. The molecule has 1 saturated carbocycles. The van der Waals surface area contributed by atoms with Crippen molar-refractivity contribution in [3.05, 3.63) is 64.6 Å². The van der Waals surface area contributed by atoms with E-state index in [0.717, 1.165) is 67.3 Å². The summed E-state index contributed by atoms with van der Waals surface area (Å²) in [5, 5.41) is 10.6. The lowest BCUT2D eigenvalue weighted by atomic mass is 9.89. The van der Waals surface area contributed by atoms with Gasteiger partial charge in [0, 0.05) is 30.6 Å². The van der Waals surface area contributed by atoms with Crippen LogP contribution in [0.4, 0.5) is 10.1 Å². The zero-order valence-corrected chi connectivity index (χ0v) is 20.9. The number of ketones is 1. The number of anilines is 1. The monoisotopic (exact) mass is 492 g/mol. The van der Waals surface area contributed by atoms with Gasteiger partial charge < -0.3 is 10.0 Å². The number of fused-ring (bicyclic) bond motifs is 1. The predicted octanol–water partition coefficient (Wildman–Crippen LogP) is 7.57. The van der Waals surface area contributed by atoms with Crippen LogP contribution in [-0.2, 0) is 0 Å². The zero-order chi connectivity index (χ0) is 24.7. The molecule has 0 atom stereocenters. The van der Waals surface area contributed by atoms with Gasteiger partial charge in [0.2, 0.25) is 0 Å². The van der Waals surface area contributed by atoms with Crippen molar-refractivity contribution in [2.45, 2.75) is 46.0 Å². The molecule has 1 saturated heterocycles. The molecule has 0 spiro atoms. The molecule has 1 aliphatic carbocycles. The van der Waals surface area contributed by atoms with Crippen molar-refractivity contribution in [3.63, 3.8) is 0 Å². The first-order valence-electron chi connectivity index (χ1n) is 12.4. The Balaban J connectivity index is 1.58. The highest BCUT2D eigenvalue weighted by molar-refractivity contribution is 6.32. The molecule has 1 aliphatic heterocycles. The number of rotatable bonds is 6. The predicted molar refractivity (Wildman–Crippen MR) is 140 cm³/mol. The Hall–Kier alpha value is -2.92. The van der Waals surface area contributed by atoms with Crippen LogP contribution >= 0.6 is 11.6 Å². The highest BCUT2D eigenvalue weighted by atomic mass is 35.5. The summed E-state index contributed by atoms with van der Waals surface area (Å²) < 4.78 is 14.2. The molecule has 0 unspecified atom stereocenters. The first-order valence-corrected chi connectivity index (χ1v) is 12.8. The fourth-order valence-corrected chi connectivity index (χ4v) is 5.32. The van der Waals surface area contributed by atoms with Gasteiger partial charge in [0.1, 0.15) is 0 Å².